The van der Waals surface area contributed by atoms with E-state index in [9.17, 15) is 13.6 Å². The zero-order valence-electron chi connectivity index (χ0n) is 22.7. The van der Waals surface area contributed by atoms with E-state index in [1.807, 2.05) is 18.3 Å². The van der Waals surface area contributed by atoms with Crippen LogP contribution in [0, 0.1) is 0 Å². The number of ketones is 1. The summed E-state index contributed by atoms with van der Waals surface area (Å²) in [4.78, 5) is 30.5. The summed E-state index contributed by atoms with van der Waals surface area (Å²) < 4.78 is 29.5. The molecule has 1 fully saturated rings. The Kier molecular flexibility index (Phi) is 9.19. The summed E-state index contributed by atoms with van der Waals surface area (Å²) in [6.45, 7) is 14.0. The first kappa shape index (κ1) is 28.1. The van der Waals surface area contributed by atoms with Crippen molar-refractivity contribution < 1.29 is 13.6 Å². The number of nitrogens with zero attached hydrogens (tertiary/aromatic N) is 5. The SMILES string of the molecule is C=C1N/C(C)=C\C/C(F)=C(CCc2ncnc(Nc3ccc(N4CCN(CC)CC4)cn3)c2C(C)=O)\C=C/1F. The maximum Gasteiger partial charge on any atom is 0.165 e. The van der Waals surface area contributed by atoms with Crippen molar-refractivity contribution in [3.63, 3.8) is 0 Å². The number of carbonyl (C=O) groups excluding carboxylic acids is 1. The number of carbonyl (C=O) groups is 1. The number of aryl methyl sites for hydroxylation is 1. The lowest BCUT2D eigenvalue weighted by Gasteiger charge is -2.35. The van der Waals surface area contributed by atoms with E-state index in [0.717, 1.165) is 44.5 Å². The maximum absolute atomic E-state index is 14.9. The predicted octanol–water partition coefficient (Wildman–Crippen LogP) is 5.38. The van der Waals surface area contributed by atoms with Crippen LogP contribution in [0.1, 0.15) is 49.7 Å². The van der Waals surface area contributed by atoms with E-state index in [4.69, 9.17) is 0 Å². The van der Waals surface area contributed by atoms with Crippen molar-refractivity contribution in [2.45, 2.75) is 40.0 Å². The number of hydrogen-bond acceptors (Lipinski definition) is 8. The minimum Gasteiger partial charge on any atom is -0.368 e. The highest BCUT2D eigenvalue weighted by molar-refractivity contribution is 6.00. The molecule has 1 saturated heterocycles. The Morgan fingerprint density at radius 1 is 1.13 bits per heavy atom. The van der Waals surface area contributed by atoms with E-state index in [2.05, 4.69) is 48.9 Å². The fourth-order valence-corrected chi connectivity index (χ4v) is 4.67. The van der Waals surface area contributed by atoms with Gasteiger partial charge in [0.25, 0.3) is 0 Å². The molecule has 39 heavy (non-hydrogen) atoms. The van der Waals surface area contributed by atoms with Crippen molar-refractivity contribution in [2.75, 3.05) is 42.9 Å². The lowest BCUT2D eigenvalue weighted by molar-refractivity contribution is 0.101. The van der Waals surface area contributed by atoms with Crippen molar-refractivity contribution in [2.24, 2.45) is 0 Å². The molecule has 0 atom stereocenters. The summed E-state index contributed by atoms with van der Waals surface area (Å²) >= 11 is 0. The summed E-state index contributed by atoms with van der Waals surface area (Å²) in [6, 6.07) is 3.85. The second kappa shape index (κ2) is 12.8. The van der Waals surface area contributed by atoms with E-state index in [1.165, 1.54) is 13.3 Å². The van der Waals surface area contributed by atoms with Gasteiger partial charge in [-0.2, -0.15) is 0 Å². The first-order valence-electron chi connectivity index (χ1n) is 13.2. The molecule has 10 heteroatoms. The molecule has 4 heterocycles. The largest absolute Gasteiger partial charge is 0.368 e. The molecular weight excluding hydrogens is 500 g/mol. The van der Waals surface area contributed by atoms with E-state index < -0.39 is 11.7 Å². The van der Waals surface area contributed by atoms with E-state index in [1.54, 1.807) is 13.0 Å². The van der Waals surface area contributed by atoms with E-state index in [-0.39, 0.29) is 36.3 Å². The number of piperazine rings is 1. The number of aromatic nitrogens is 3. The molecule has 2 N–H and O–H groups in total. The van der Waals surface area contributed by atoms with Gasteiger partial charge in [-0.15, -0.1) is 0 Å². The predicted molar refractivity (Wildman–Crippen MR) is 150 cm³/mol. The van der Waals surface area contributed by atoms with Gasteiger partial charge in [0.15, 0.2) is 5.78 Å². The van der Waals surface area contributed by atoms with Gasteiger partial charge in [-0.05, 0) is 57.0 Å². The van der Waals surface area contributed by atoms with Crippen LogP contribution in [0.4, 0.5) is 26.1 Å². The summed E-state index contributed by atoms with van der Waals surface area (Å²) in [7, 11) is 0. The first-order valence-corrected chi connectivity index (χ1v) is 13.2. The van der Waals surface area contributed by atoms with Crippen molar-refractivity contribution in [1.82, 2.24) is 25.2 Å². The molecule has 0 amide bonds. The Labute approximate surface area is 228 Å². The van der Waals surface area contributed by atoms with Gasteiger partial charge in [0, 0.05) is 38.3 Å². The normalized spacial score (nSPS) is 21.6. The van der Waals surface area contributed by atoms with E-state index >= 15 is 0 Å². The van der Waals surface area contributed by atoms with Gasteiger partial charge in [0.1, 0.15) is 29.6 Å². The monoisotopic (exact) mass is 535 g/mol. The Morgan fingerprint density at radius 2 is 1.90 bits per heavy atom. The molecule has 4 rings (SSSR count). The third-order valence-corrected chi connectivity index (χ3v) is 6.96. The highest BCUT2D eigenvalue weighted by atomic mass is 19.1. The smallest absolute Gasteiger partial charge is 0.165 e. The highest BCUT2D eigenvalue weighted by Gasteiger charge is 2.19. The van der Waals surface area contributed by atoms with Crippen LogP contribution in [0.3, 0.4) is 0 Å². The fraction of sp³-hybridized carbons (Fsp3) is 0.379. The fourth-order valence-electron chi connectivity index (χ4n) is 4.67. The van der Waals surface area contributed by atoms with Crippen LogP contribution in [0.5, 0.6) is 0 Å². The van der Waals surface area contributed by atoms with Crippen LogP contribution in [-0.4, -0.2) is 58.4 Å². The van der Waals surface area contributed by atoms with Crippen LogP contribution in [0.15, 0.2) is 72.0 Å². The minimum absolute atomic E-state index is 0.0251. The summed E-state index contributed by atoms with van der Waals surface area (Å²) in [5, 5.41) is 5.95. The van der Waals surface area contributed by atoms with Gasteiger partial charge >= 0.3 is 0 Å². The third-order valence-electron chi connectivity index (χ3n) is 6.96. The number of anilines is 3. The molecule has 8 nitrogen and oxygen atoms in total. The molecule has 206 valence electrons. The lowest BCUT2D eigenvalue weighted by Crippen LogP contribution is -2.46. The molecule has 0 bridgehead atoms. The van der Waals surface area contributed by atoms with Crippen molar-refractivity contribution in [3.05, 3.63) is 83.3 Å². The zero-order chi connectivity index (χ0) is 27.9. The maximum atomic E-state index is 14.9. The summed E-state index contributed by atoms with van der Waals surface area (Å²) in [5.41, 5.74) is 2.67. The number of Topliss-reactive ketones (excluding diaryl/α,β-unsaturated/α-hetero) is 1. The number of halogens is 2. The molecule has 0 saturated carbocycles. The second-order valence-corrected chi connectivity index (χ2v) is 9.67. The third kappa shape index (κ3) is 7.14. The molecule has 2 aromatic heterocycles. The summed E-state index contributed by atoms with van der Waals surface area (Å²) in [6.07, 6.45) is 6.35. The average Bonchev–Trinajstić information content (AvgIpc) is 2.97. The molecule has 2 aliphatic rings. The summed E-state index contributed by atoms with van der Waals surface area (Å²) in [5.74, 6) is -0.459. The molecule has 0 aliphatic carbocycles. The van der Waals surface area contributed by atoms with Gasteiger partial charge in [-0.25, -0.2) is 23.7 Å². The van der Waals surface area contributed by atoms with Crippen LogP contribution in [-0.2, 0) is 6.42 Å². The van der Waals surface area contributed by atoms with Gasteiger partial charge in [0.05, 0.1) is 28.8 Å². The van der Waals surface area contributed by atoms with Crippen molar-refractivity contribution in [1.29, 1.82) is 0 Å². The minimum atomic E-state index is -0.645. The highest BCUT2D eigenvalue weighted by Crippen LogP contribution is 2.27. The number of hydrogen-bond donors (Lipinski definition) is 2. The average molecular weight is 536 g/mol. The molecule has 0 aromatic carbocycles. The van der Waals surface area contributed by atoms with Gasteiger partial charge in [-0.1, -0.05) is 19.6 Å². The standard InChI is InChI=1S/C29H35F2N7O/c1-5-37-12-14-38(15-13-37)23-8-11-27(32-17-23)36-29-28(21(4)39)26(33-18-34-29)10-7-22-16-25(31)20(3)35-19(2)6-9-24(22)30/h6,8,11,16-18,35H,3,5,7,9-10,12-15H2,1-2,4H3,(H,32,33,34,36)/b19-6-,24-22+,25-16+. The van der Waals surface area contributed by atoms with E-state index in [0.29, 0.717) is 28.6 Å². The van der Waals surface area contributed by atoms with Crippen LogP contribution in [0.25, 0.3) is 0 Å². The number of rotatable bonds is 8. The quantitative estimate of drug-likeness (QED) is 0.436. The number of allylic oxidation sites excluding steroid dienone is 6. The lowest BCUT2D eigenvalue weighted by atomic mass is 10.0. The molecular formula is C29H35F2N7O. The Bertz CT molecular complexity index is 1310. The molecule has 0 spiro atoms. The molecule has 0 radical (unpaired) electrons. The van der Waals surface area contributed by atoms with Gasteiger partial charge in [0.2, 0.25) is 0 Å². The van der Waals surface area contributed by atoms with Crippen molar-refractivity contribution in [3.8, 4) is 0 Å². The molecule has 2 aliphatic heterocycles. The molecule has 2 aromatic rings. The van der Waals surface area contributed by atoms with Crippen LogP contribution in [0.2, 0.25) is 0 Å². The van der Waals surface area contributed by atoms with Crippen molar-refractivity contribution >= 4 is 23.1 Å². The van der Waals surface area contributed by atoms with Gasteiger partial charge in [-0.3, -0.25) is 4.79 Å². The topological polar surface area (TPSA) is 86.3 Å². The number of nitrogens with one attached hydrogen (secondary N) is 2. The second-order valence-electron chi connectivity index (χ2n) is 9.67. The Balaban J connectivity index is 1.51. The zero-order valence-corrected chi connectivity index (χ0v) is 22.7. The van der Waals surface area contributed by atoms with Crippen LogP contribution < -0.4 is 15.5 Å². The van der Waals surface area contributed by atoms with Gasteiger partial charge < -0.3 is 20.4 Å². The first-order chi connectivity index (χ1) is 18.7. The Morgan fingerprint density at radius 3 is 2.56 bits per heavy atom. The number of pyridine rings is 1. The number of likely N-dealkylation sites (N-methyl/N-ethyl adjacent to an activating group) is 1. The molecule has 0 unspecified atom stereocenters. The Hall–Kier alpha value is -3.92. The van der Waals surface area contributed by atoms with Crippen LogP contribution >= 0.6 is 0 Å².